The average molecular weight is 445 g/mol. The normalized spacial score (nSPS) is 15.7. The molecule has 5 nitrogen and oxygen atoms in total. The third-order valence-electron chi connectivity index (χ3n) is 5.53. The minimum absolute atomic E-state index is 0.00940. The van der Waals surface area contributed by atoms with Gasteiger partial charge in [-0.15, -0.1) is 0 Å². The summed E-state index contributed by atoms with van der Waals surface area (Å²) < 4.78 is 57.9. The first kappa shape index (κ1) is 21.7. The molecule has 2 heterocycles. The Hall–Kier alpha value is -3.49. The van der Waals surface area contributed by atoms with E-state index in [4.69, 9.17) is 0 Å². The molecular formula is C23H19F4N3O2. The third-order valence-corrected chi connectivity index (χ3v) is 5.53. The fourth-order valence-electron chi connectivity index (χ4n) is 3.74. The number of halogens is 4. The van der Waals surface area contributed by atoms with Gasteiger partial charge in [-0.25, -0.2) is 8.78 Å². The van der Waals surface area contributed by atoms with Crippen LogP contribution in [0.4, 0.5) is 23.2 Å². The van der Waals surface area contributed by atoms with E-state index in [2.05, 4.69) is 10.3 Å². The lowest BCUT2D eigenvalue weighted by Gasteiger charge is -2.31. The van der Waals surface area contributed by atoms with E-state index in [9.17, 15) is 18.4 Å². The number of hydrogen-bond donors (Lipinski definition) is 1. The smallest absolute Gasteiger partial charge is 0.333 e. The second-order valence-corrected chi connectivity index (χ2v) is 7.73. The van der Waals surface area contributed by atoms with Crippen molar-refractivity contribution >= 4 is 23.7 Å². The van der Waals surface area contributed by atoms with Crippen LogP contribution in [0.25, 0.3) is 0 Å². The summed E-state index contributed by atoms with van der Waals surface area (Å²) in [6.45, 7) is 1.57. The highest BCUT2D eigenvalue weighted by molar-refractivity contribution is 6.04. The van der Waals surface area contributed by atoms with E-state index in [0.29, 0.717) is 18.9 Å². The number of carbonyl (C=O) groups is 2. The Morgan fingerprint density at radius 2 is 1.84 bits per heavy atom. The van der Waals surface area contributed by atoms with Crippen LogP contribution in [0.1, 0.15) is 34.3 Å². The Bertz CT molecular complexity index is 1170. The summed E-state index contributed by atoms with van der Waals surface area (Å²) in [5.41, 5.74) is 0.699. The summed E-state index contributed by atoms with van der Waals surface area (Å²) in [4.78, 5) is 30.3. The van der Waals surface area contributed by atoms with Gasteiger partial charge in [0.25, 0.3) is 11.8 Å². The maximum atomic E-state index is 15.1. The predicted molar refractivity (Wildman–Crippen MR) is 111 cm³/mol. The molecule has 2 aliphatic heterocycles. The molecule has 0 atom stereocenters. The zero-order chi connectivity index (χ0) is 23.0. The predicted octanol–water partition coefficient (Wildman–Crippen LogP) is 4.58. The van der Waals surface area contributed by atoms with Gasteiger partial charge < -0.3 is 10.2 Å². The molecule has 32 heavy (non-hydrogen) atoms. The zero-order valence-corrected chi connectivity index (χ0v) is 17.1. The van der Waals surface area contributed by atoms with Crippen LogP contribution in [0, 0.1) is 18.6 Å². The average Bonchev–Trinajstić information content (AvgIpc) is 3.23. The van der Waals surface area contributed by atoms with Crippen molar-refractivity contribution in [1.29, 1.82) is 0 Å². The number of rotatable bonds is 4. The maximum Gasteiger partial charge on any atom is 0.352 e. The number of nitrogens with zero attached hydrogens (tertiary/aromatic N) is 2. The SMILES string of the molecule is Cc1cc(NC(=O)c2ccc(F)c(C(F)(F)C(=O)N3CCC4=C(CC=N4)C3)c2)ccc1F. The van der Waals surface area contributed by atoms with Crippen molar-refractivity contribution in [3.8, 4) is 0 Å². The number of amides is 2. The molecule has 2 aromatic carbocycles. The largest absolute Gasteiger partial charge is 0.352 e. The van der Waals surface area contributed by atoms with Crippen LogP contribution in [0.2, 0.25) is 0 Å². The van der Waals surface area contributed by atoms with Crippen LogP contribution < -0.4 is 5.32 Å². The van der Waals surface area contributed by atoms with Gasteiger partial charge in [-0.3, -0.25) is 14.6 Å². The Morgan fingerprint density at radius 3 is 2.59 bits per heavy atom. The van der Waals surface area contributed by atoms with Gasteiger partial charge in [-0.1, -0.05) is 0 Å². The molecule has 166 valence electrons. The summed E-state index contributed by atoms with van der Waals surface area (Å²) in [6, 6.07) is 6.29. The molecule has 0 saturated carbocycles. The van der Waals surface area contributed by atoms with Crippen molar-refractivity contribution < 1.29 is 27.2 Å². The zero-order valence-electron chi connectivity index (χ0n) is 17.1. The quantitative estimate of drug-likeness (QED) is 0.701. The lowest BCUT2D eigenvalue weighted by molar-refractivity contribution is -0.159. The second kappa shape index (κ2) is 8.22. The molecule has 2 amide bonds. The highest BCUT2D eigenvalue weighted by Crippen LogP contribution is 2.35. The molecular weight excluding hydrogens is 426 g/mol. The van der Waals surface area contributed by atoms with E-state index in [1.807, 2.05) is 0 Å². The van der Waals surface area contributed by atoms with Crippen LogP contribution in [0.15, 0.2) is 52.7 Å². The molecule has 9 heteroatoms. The van der Waals surface area contributed by atoms with Crippen molar-refractivity contribution in [2.45, 2.75) is 25.7 Å². The first-order valence-electron chi connectivity index (χ1n) is 9.95. The number of alkyl halides is 2. The van der Waals surface area contributed by atoms with Crippen molar-refractivity contribution in [2.24, 2.45) is 4.99 Å². The topological polar surface area (TPSA) is 61.8 Å². The number of nitrogens with one attached hydrogen (secondary N) is 1. The van der Waals surface area contributed by atoms with Gasteiger partial charge in [0.2, 0.25) is 0 Å². The Morgan fingerprint density at radius 1 is 1.09 bits per heavy atom. The first-order valence-corrected chi connectivity index (χ1v) is 9.95. The van der Waals surface area contributed by atoms with E-state index in [-0.39, 0.29) is 29.9 Å². The van der Waals surface area contributed by atoms with E-state index in [0.717, 1.165) is 34.4 Å². The van der Waals surface area contributed by atoms with Gasteiger partial charge in [0.05, 0.1) is 5.56 Å². The molecule has 2 aromatic rings. The van der Waals surface area contributed by atoms with Crippen LogP contribution in [0.5, 0.6) is 0 Å². The van der Waals surface area contributed by atoms with Gasteiger partial charge in [0.15, 0.2) is 0 Å². The fourth-order valence-corrected chi connectivity index (χ4v) is 3.74. The molecule has 0 aromatic heterocycles. The number of aliphatic imine (C=N–C) groups is 1. The van der Waals surface area contributed by atoms with Gasteiger partial charge in [0.1, 0.15) is 11.6 Å². The second-order valence-electron chi connectivity index (χ2n) is 7.73. The standard InChI is InChI=1S/C23H19F4N3O2/c1-13-10-16(3-5-18(13)24)29-21(31)14-2-4-19(25)17(11-14)23(26,27)22(32)30-9-7-20-15(12-30)6-8-28-20/h2-5,8,10-11H,6-7,9,12H2,1H3,(H,29,31). The summed E-state index contributed by atoms with van der Waals surface area (Å²) in [5.74, 6) is -8.24. The van der Waals surface area contributed by atoms with Crippen LogP contribution in [0.3, 0.4) is 0 Å². The number of hydrogen-bond acceptors (Lipinski definition) is 3. The van der Waals surface area contributed by atoms with Gasteiger partial charge in [0, 0.05) is 49.1 Å². The molecule has 0 spiro atoms. The highest BCUT2D eigenvalue weighted by atomic mass is 19.3. The van der Waals surface area contributed by atoms with Crippen molar-refractivity contribution in [1.82, 2.24) is 4.90 Å². The van der Waals surface area contributed by atoms with Crippen LogP contribution in [-0.2, 0) is 10.7 Å². The van der Waals surface area contributed by atoms with Crippen molar-refractivity contribution in [3.05, 3.63) is 76.0 Å². The van der Waals surface area contributed by atoms with E-state index in [1.54, 1.807) is 6.21 Å². The Kier molecular flexibility index (Phi) is 5.58. The van der Waals surface area contributed by atoms with Gasteiger partial charge >= 0.3 is 5.92 Å². The molecule has 0 bridgehead atoms. The Balaban J connectivity index is 1.56. The summed E-state index contributed by atoms with van der Waals surface area (Å²) in [5, 5.41) is 2.45. The van der Waals surface area contributed by atoms with Crippen LogP contribution >= 0.6 is 0 Å². The van der Waals surface area contributed by atoms with E-state index in [1.165, 1.54) is 19.1 Å². The summed E-state index contributed by atoms with van der Waals surface area (Å²) >= 11 is 0. The molecule has 2 aliphatic rings. The van der Waals surface area contributed by atoms with E-state index < -0.39 is 34.9 Å². The lowest BCUT2D eigenvalue weighted by atomic mass is 10.0. The van der Waals surface area contributed by atoms with Gasteiger partial charge in [-0.05, 0) is 54.5 Å². The lowest BCUT2D eigenvalue weighted by Crippen LogP contribution is -2.45. The van der Waals surface area contributed by atoms with Crippen LogP contribution in [-0.4, -0.2) is 36.0 Å². The molecule has 1 N–H and O–H groups in total. The number of anilines is 1. The minimum atomic E-state index is -4.16. The van der Waals surface area contributed by atoms with Crippen molar-refractivity contribution in [3.63, 3.8) is 0 Å². The molecule has 0 fully saturated rings. The Labute approximate surface area is 181 Å². The molecule has 0 saturated heterocycles. The van der Waals surface area contributed by atoms with Gasteiger partial charge in [-0.2, -0.15) is 8.78 Å². The number of carbonyl (C=O) groups excluding carboxylic acids is 2. The number of benzene rings is 2. The molecule has 4 rings (SSSR count). The maximum absolute atomic E-state index is 15.1. The monoisotopic (exact) mass is 445 g/mol. The molecule has 0 unspecified atom stereocenters. The van der Waals surface area contributed by atoms with E-state index >= 15 is 8.78 Å². The molecule has 0 radical (unpaired) electrons. The third kappa shape index (κ3) is 4.02. The van der Waals surface area contributed by atoms with Crippen molar-refractivity contribution in [2.75, 3.05) is 18.4 Å². The summed E-state index contributed by atoms with van der Waals surface area (Å²) in [7, 11) is 0. The molecule has 0 aliphatic carbocycles. The first-order chi connectivity index (χ1) is 15.2. The summed E-state index contributed by atoms with van der Waals surface area (Å²) in [6.07, 6.45) is 2.52. The minimum Gasteiger partial charge on any atom is -0.333 e. The fraction of sp³-hybridized carbons (Fsp3) is 0.261. The highest BCUT2D eigenvalue weighted by Gasteiger charge is 2.47. The number of aryl methyl sites for hydroxylation is 1.